The van der Waals surface area contributed by atoms with Gasteiger partial charge in [0.25, 0.3) is 11.2 Å². The van der Waals surface area contributed by atoms with Crippen molar-refractivity contribution in [3.63, 3.8) is 0 Å². The molecule has 30 heavy (non-hydrogen) atoms. The number of nitro groups is 1. The summed E-state index contributed by atoms with van der Waals surface area (Å²) < 4.78 is 1.67. The summed E-state index contributed by atoms with van der Waals surface area (Å²) in [5.41, 5.74) is 2.83. The van der Waals surface area contributed by atoms with Gasteiger partial charge in [-0.05, 0) is 31.2 Å². The second kappa shape index (κ2) is 6.80. The summed E-state index contributed by atoms with van der Waals surface area (Å²) in [7, 11) is 0. The van der Waals surface area contributed by atoms with E-state index in [1.165, 1.54) is 12.3 Å². The van der Waals surface area contributed by atoms with Crippen LogP contribution in [0.25, 0.3) is 16.7 Å². The number of fused-ring (bicyclic) bond motifs is 1. The molecule has 2 aromatic carbocycles. The minimum absolute atomic E-state index is 0.0664. The summed E-state index contributed by atoms with van der Waals surface area (Å²) in [6.07, 6.45) is 1.53. The number of rotatable bonds is 4. The zero-order valence-corrected chi connectivity index (χ0v) is 16.1. The first-order valence-corrected chi connectivity index (χ1v) is 9.54. The van der Waals surface area contributed by atoms with Gasteiger partial charge in [0.2, 0.25) is 0 Å². The smallest absolute Gasteiger partial charge is 0.272 e. The van der Waals surface area contributed by atoms with Crippen LogP contribution in [0.1, 0.15) is 17.3 Å². The van der Waals surface area contributed by atoms with Crippen molar-refractivity contribution in [3.05, 3.63) is 86.6 Å². The van der Waals surface area contributed by atoms with Gasteiger partial charge in [-0.3, -0.25) is 14.9 Å². The Labute approximate surface area is 170 Å². The summed E-state index contributed by atoms with van der Waals surface area (Å²) in [5, 5.41) is 15.8. The molecular formula is C21H18N6O3. The van der Waals surface area contributed by atoms with E-state index in [-0.39, 0.29) is 22.1 Å². The van der Waals surface area contributed by atoms with Crippen LogP contribution in [0.15, 0.2) is 59.5 Å². The van der Waals surface area contributed by atoms with Gasteiger partial charge in [-0.15, -0.1) is 0 Å². The number of hydrogen-bond donors (Lipinski definition) is 1. The largest absolute Gasteiger partial charge is 0.370 e. The Bertz CT molecular complexity index is 1320. The number of benzene rings is 2. The second-order valence-electron chi connectivity index (χ2n) is 7.41. The molecule has 0 saturated carbocycles. The lowest BCUT2D eigenvalue weighted by Gasteiger charge is -2.40. The van der Waals surface area contributed by atoms with E-state index in [4.69, 9.17) is 4.98 Å². The minimum Gasteiger partial charge on any atom is -0.370 e. The Balaban J connectivity index is 1.42. The van der Waals surface area contributed by atoms with E-state index in [1.54, 1.807) is 17.7 Å². The van der Waals surface area contributed by atoms with Gasteiger partial charge >= 0.3 is 0 Å². The van der Waals surface area contributed by atoms with Crippen molar-refractivity contribution in [1.29, 1.82) is 0 Å². The highest BCUT2D eigenvalue weighted by Crippen LogP contribution is 2.32. The number of aromatic nitrogens is 4. The van der Waals surface area contributed by atoms with Crippen LogP contribution in [0.2, 0.25) is 0 Å². The quantitative estimate of drug-likeness (QED) is 0.415. The molecule has 0 radical (unpaired) electrons. The second-order valence-corrected chi connectivity index (χ2v) is 7.41. The molecule has 0 unspecified atom stereocenters. The molecule has 150 valence electrons. The number of nitrogens with one attached hydrogen (secondary N) is 1. The number of aryl methyl sites for hydroxylation is 1. The first-order chi connectivity index (χ1) is 14.5. The number of H-pyrrole nitrogens is 1. The molecule has 1 fully saturated rings. The third-order valence-corrected chi connectivity index (χ3v) is 5.47. The van der Waals surface area contributed by atoms with Gasteiger partial charge in [-0.2, -0.15) is 5.10 Å². The van der Waals surface area contributed by atoms with E-state index in [1.807, 2.05) is 36.4 Å². The first kappa shape index (κ1) is 18.0. The number of aromatic amines is 1. The van der Waals surface area contributed by atoms with Crippen LogP contribution in [0.3, 0.4) is 0 Å². The number of hydrogen-bond acceptors (Lipinski definition) is 6. The van der Waals surface area contributed by atoms with Gasteiger partial charge < -0.3 is 9.88 Å². The molecule has 0 aliphatic carbocycles. The lowest BCUT2D eigenvalue weighted by atomic mass is 9.97. The van der Waals surface area contributed by atoms with Gasteiger partial charge in [0.1, 0.15) is 11.2 Å². The molecule has 9 nitrogen and oxygen atoms in total. The lowest BCUT2D eigenvalue weighted by Crippen LogP contribution is -2.46. The Hall–Kier alpha value is -4.01. The van der Waals surface area contributed by atoms with E-state index >= 15 is 0 Å². The Morgan fingerprint density at radius 2 is 1.90 bits per heavy atom. The van der Waals surface area contributed by atoms with Gasteiger partial charge in [0.05, 0.1) is 22.7 Å². The molecule has 1 N–H and O–H groups in total. The molecule has 0 spiro atoms. The summed E-state index contributed by atoms with van der Waals surface area (Å²) in [4.78, 5) is 32.9. The average Bonchev–Trinajstić information content (AvgIpc) is 3.12. The van der Waals surface area contributed by atoms with Crippen LogP contribution in [-0.2, 0) is 0 Å². The summed E-state index contributed by atoms with van der Waals surface area (Å²) in [6.45, 7) is 3.08. The standard InChI is InChI=1S/C21H18N6O3/c1-13-9-16(7-8-18(13)27(29)30)25-11-14(12-25)19-23-20-17(21(28)24-19)10-22-26(20)15-5-3-2-4-6-15/h2-10,14H,11-12H2,1H3,(H,23,24,28). The van der Waals surface area contributed by atoms with Crippen LogP contribution < -0.4 is 10.5 Å². The van der Waals surface area contributed by atoms with Crippen LogP contribution in [0.5, 0.6) is 0 Å². The number of nitro benzene ring substituents is 1. The van der Waals surface area contributed by atoms with Crippen molar-refractivity contribution >= 4 is 22.4 Å². The zero-order valence-electron chi connectivity index (χ0n) is 16.1. The topological polar surface area (TPSA) is 110 Å². The molecule has 4 aromatic rings. The van der Waals surface area contributed by atoms with E-state index in [9.17, 15) is 14.9 Å². The van der Waals surface area contributed by atoms with Crippen LogP contribution in [0, 0.1) is 17.0 Å². The maximum atomic E-state index is 12.6. The molecule has 3 heterocycles. The van der Waals surface area contributed by atoms with Crippen LogP contribution in [-0.4, -0.2) is 37.8 Å². The van der Waals surface area contributed by atoms with E-state index < -0.39 is 0 Å². The minimum atomic E-state index is -0.377. The van der Waals surface area contributed by atoms with Gasteiger partial charge in [-0.1, -0.05) is 18.2 Å². The highest BCUT2D eigenvalue weighted by atomic mass is 16.6. The third-order valence-electron chi connectivity index (χ3n) is 5.47. The van der Waals surface area contributed by atoms with E-state index in [0.717, 1.165) is 11.4 Å². The molecule has 1 aliphatic rings. The van der Waals surface area contributed by atoms with Crippen LogP contribution >= 0.6 is 0 Å². The number of anilines is 1. The maximum Gasteiger partial charge on any atom is 0.272 e. The third kappa shape index (κ3) is 2.91. The Morgan fingerprint density at radius 1 is 1.13 bits per heavy atom. The lowest BCUT2D eigenvalue weighted by molar-refractivity contribution is -0.385. The van der Waals surface area contributed by atoms with Gasteiger partial charge in [0, 0.05) is 30.4 Å². The Morgan fingerprint density at radius 3 is 2.60 bits per heavy atom. The van der Waals surface area contributed by atoms with Crippen LogP contribution in [0.4, 0.5) is 11.4 Å². The van der Waals surface area contributed by atoms with Crippen molar-refractivity contribution in [2.45, 2.75) is 12.8 Å². The molecule has 0 bridgehead atoms. The molecule has 1 saturated heterocycles. The molecule has 1 aliphatic heterocycles. The maximum absolute atomic E-state index is 12.6. The van der Waals surface area contributed by atoms with Gasteiger partial charge in [0.15, 0.2) is 5.65 Å². The van der Waals surface area contributed by atoms with E-state index in [0.29, 0.717) is 35.5 Å². The summed E-state index contributed by atoms with van der Waals surface area (Å²) >= 11 is 0. The Kier molecular flexibility index (Phi) is 4.09. The fourth-order valence-corrected chi connectivity index (χ4v) is 3.79. The molecule has 5 rings (SSSR count). The van der Waals surface area contributed by atoms with Gasteiger partial charge in [-0.25, -0.2) is 9.67 Å². The normalized spacial score (nSPS) is 14.1. The summed E-state index contributed by atoms with van der Waals surface area (Å²) in [6, 6.07) is 14.7. The van der Waals surface area contributed by atoms with Crippen molar-refractivity contribution in [2.75, 3.05) is 18.0 Å². The number of nitrogens with zero attached hydrogens (tertiary/aromatic N) is 5. The average molecular weight is 402 g/mol. The molecule has 9 heteroatoms. The van der Waals surface area contributed by atoms with Crippen molar-refractivity contribution < 1.29 is 4.92 Å². The molecule has 0 amide bonds. The van der Waals surface area contributed by atoms with E-state index in [2.05, 4.69) is 15.0 Å². The van der Waals surface area contributed by atoms with Crippen molar-refractivity contribution in [3.8, 4) is 5.69 Å². The molecule has 0 atom stereocenters. The molecule has 2 aromatic heterocycles. The fraction of sp³-hybridized carbons (Fsp3) is 0.190. The zero-order chi connectivity index (χ0) is 20.8. The monoisotopic (exact) mass is 402 g/mol. The highest BCUT2D eigenvalue weighted by Gasteiger charge is 2.31. The first-order valence-electron chi connectivity index (χ1n) is 9.54. The predicted molar refractivity (Wildman–Crippen MR) is 112 cm³/mol. The SMILES string of the molecule is Cc1cc(N2CC(c3nc4c(cnn4-c4ccccc4)c(=O)[nH]3)C2)ccc1[N+](=O)[O-]. The number of para-hydroxylation sites is 1. The summed E-state index contributed by atoms with van der Waals surface area (Å²) in [5.74, 6) is 0.691. The van der Waals surface area contributed by atoms with Crippen molar-refractivity contribution in [2.24, 2.45) is 0 Å². The highest BCUT2D eigenvalue weighted by molar-refractivity contribution is 5.75. The predicted octanol–water partition coefficient (Wildman–Crippen LogP) is 2.93. The van der Waals surface area contributed by atoms with Crippen molar-refractivity contribution in [1.82, 2.24) is 19.7 Å². The molecular weight excluding hydrogens is 384 g/mol. The fourth-order valence-electron chi connectivity index (χ4n) is 3.79.